The van der Waals surface area contributed by atoms with Gasteiger partial charge < -0.3 is 20.4 Å². The van der Waals surface area contributed by atoms with E-state index in [-0.39, 0.29) is 12.4 Å². The molecule has 1 rings (SSSR count). The molecule has 0 heterocycles. The number of benzene rings is 1. The minimum Gasteiger partial charge on any atom is -0.546 e. The first kappa shape index (κ1) is 16.7. The molecule has 0 aliphatic rings. The van der Waals surface area contributed by atoms with Crippen LogP contribution >= 0.6 is 12.4 Å². The number of carboxylic acids is 1. The average Bonchev–Trinajstić information content (AvgIpc) is 2.27. The number of halogens is 1. The van der Waals surface area contributed by atoms with Crippen molar-refractivity contribution in [3.8, 4) is 5.75 Å². The molecule has 1 aromatic rings. The van der Waals surface area contributed by atoms with E-state index in [0.717, 1.165) is 11.1 Å². The van der Waals surface area contributed by atoms with Crippen LogP contribution in [0.4, 0.5) is 0 Å². The lowest BCUT2D eigenvalue weighted by atomic mass is 10.00. The van der Waals surface area contributed by atoms with Crippen LogP contribution in [0.1, 0.15) is 30.9 Å². The molecule has 0 radical (unpaired) electrons. The van der Waals surface area contributed by atoms with Gasteiger partial charge in [0.15, 0.2) is 0 Å². The number of rotatable bonds is 6. The van der Waals surface area contributed by atoms with Gasteiger partial charge in [-0.05, 0) is 36.1 Å². The summed E-state index contributed by atoms with van der Waals surface area (Å²) >= 11 is 0. The van der Waals surface area contributed by atoms with E-state index >= 15 is 0 Å². The Labute approximate surface area is 114 Å². The molecule has 2 N–H and O–H groups in total. The zero-order chi connectivity index (χ0) is 12.8. The standard InChI is InChI=1S/C13H19NO3.ClH/c1-9(2)11-4-3-10(5-6-14)12(7-11)17-8-13(15)16;/h3-4,7,9H,5-6,8,14H2,1-2H3,(H,15,16);1H/p-1. The molecule has 5 heteroatoms. The number of carbonyl (C=O) groups excluding carboxylic acids is 1. The van der Waals surface area contributed by atoms with Gasteiger partial charge in [0.1, 0.15) is 12.4 Å². The van der Waals surface area contributed by atoms with Crippen molar-refractivity contribution in [3.63, 3.8) is 0 Å². The Hall–Kier alpha value is -1.26. The third-order valence-corrected chi connectivity index (χ3v) is 2.52. The molecule has 0 aliphatic heterocycles. The number of carboxylic acid groups (broad SMARTS) is 1. The number of carbonyl (C=O) groups is 1. The van der Waals surface area contributed by atoms with Crippen LogP contribution in [0, 0.1) is 0 Å². The maximum atomic E-state index is 10.4. The first-order valence-corrected chi connectivity index (χ1v) is 5.70. The van der Waals surface area contributed by atoms with Crippen LogP contribution in [0.5, 0.6) is 5.75 Å². The fourth-order valence-corrected chi connectivity index (χ4v) is 1.56. The summed E-state index contributed by atoms with van der Waals surface area (Å²) in [6, 6.07) is 5.83. The van der Waals surface area contributed by atoms with Gasteiger partial charge in [-0.3, -0.25) is 0 Å². The van der Waals surface area contributed by atoms with Crippen molar-refractivity contribution in [1.29, 1.82) is 0 Å². The van der Waals surface area contributed by atoms with E-state index in [2.05, 4.69) is 13.8 Å². The van der Waals surface area contributed by atoms with Gasteiger partial charge in [-0.25, -0.2) is 0 Å². The van der Waals surface area contributed by atoms with Gasteiger partial charge >= 0.3 is 0 Å². The fraction of sp³-hybridized carbons (Fsp3) is 0.462. The fourth-order valence-electron chi connectivity index (χ4n) is 1.56. The maximum Gasteiger partial charge on any atom is 0.128 e. The minimum atomic E-state index is -1.22. The summed E-state index contributed by atoms with van der Waals surface area (Å²) in [7, 11) is 0. The van der Waals surface area contributed by atoms with Gasteiger partial charge in [-0.1, -0.05) is 26.0 Å². The number of hydrogen-bond donors (Lipinski definition) is 1. The van der Waals surface area contributed by atoms with E-state index in [4.69, 9.17) is 10.5 Å². The van der Waals surface area contributed by atoms with Crippen LogP contribution in [0.25, 0.3) is 0 Å². The number of ether oxygens (including phenoxy) is 1. The van der Waals surface area contributed by atoms with Gasteiger partial charge in [0.2, 0.25) is 0 Å². The molecule has 0 saturated carbocycles. The molecule has 0 saturated heterocycles. The second-order valence-electron chi connectivity index (χ2n) is 4.22. The highest BCUT2D eigenvalue weighted by atomic mass is 35.5. The summed E-state index contributed by atoms with van der Waals surface area (Å²) in [5.74, 6) is -0.267. The van der Waals surface area contributed by atoms with Crippen LogP contribution < -0.4 is 15.6 Å². The molecule has 0 atom stereocenters. The van der Waals surface area contributed by atoms with Crippen LogP contribution in [-0.2, 0) is 11.2 Å². The Kier molecular flexibility index (Phi) is 7.39. The van der Waals surface area contributed by atoms with Crippen LogP contribution in [0.3, 0.4) is 0 Å². The molecule has 0 amide bonds. The Morgan fingerprint density at radius 3 is 2.61 bits per heavy atom. The molecule has 0 fully saturated rings. The molecule has 0 unspecified atom stereocenters. The molecule has 0 aromatic heterocycles. The number of hydrogen-bond acceptors (Lipinski definition) is 4. The van der Waals surface area contributed by atoms with Crippen molar-refractivity contribution in [2.45, 2.75) is 26.2 Å². The molecule has 18 heavy (non-hydrogen) atoms. The number of aliphatic carboxylic acids is 1. The summed E-state index contributed by atoms with van der Waals surface area (Å²) in [5.41, 5.74) is 7.54. The lowest BCUT2D eigenvalue weighted by Crippen LogP contribution is -2.29. The van der Waals surface area contributed by atoms with Gasteiger partial charge in [-0.15, -0.1) is 12.4 Å². The smallest absolute Gasteiger partial charge is 0.128 e. The second kappa shape index (κ2) is 7.95. The van der Waals surface area contributed by atoms with E-state index < -0.39 is 12.6 Å². The van der Waals surface area contributed by atoms with Gasteiger partial charge in [0.25, 0.3) is 0 Å². The van der Waals surface area contributed by atoms with Crippen molar-refractivity contribution < 1.29 is 14.6 Å². The predicted molar refractivity (Wildman–Crippen MR) is 71.0 cm³/mol. The zero-order valence-corrected chi connectivity index (χ0v) is 11.5. The monoisotopic (exact) mass is 272 g/mol. The summed E-state index contributed by atoms with van der Waals surface area (Å²) < 4.78 is 5.22. The highest BCUT2D eigenvalue weighted by Crippen LogP contribution is 2.25. The van der Waals surface area contributed by atoms with Crippen molar-refractivity contribution in [1.82, 2.24) is 0 Å². The topological polar surface area (TPSA) is 75.4 Å². The SMILES string of the molecule is CC(C)c1ccc(CCN)c(OCC(=O)[O-])c1.Cl. The summed E-state index contributed by atoms with van der Waals surface area (Å²) in [6.07, 6.45) is 0.667. The summed E-state index contributed by atoms with van der Waals surface area (Å²) in [4.78, 5) is 10.4. The van der Waals surface area contributed by atoms with Crippen molar-refractivity contribution in [3.05, 3.63) is 29.3 Å². The molecule has 4 nitrogen and oxygen atoms in total. The predicted octanol–water partition coefficient (Wildman–Crippen LogP) is 0.862. The highest BCUT2D eigenvalue weighted by Gasteiger charge is 2.07. The zero-order valence-electron chi connectivity index (χ0n) is 10.6. The summed E-state index contributed by atoms with van der Waals surface area (Å²) in [5, 5.41) is 10.4. The lowest BCUT2D eigenvalue weighted by molar-refractivity contribution is -0.307. The molecular weight excluding hydrogens is 254 g/mol. The van der Waals surface area contributed by atoms with Gasteiger partial charge in [0, 0.05) is 0 Å². The summed E-state index contributed by atoms with van der Waals surface area (Å²) in [6.45, 7) is 4.21. The normalized spacial score (nSPS) is 10.0. The third-order valence-electron chi connectivity index (χ3n) is 2.52. The first-order chi connectivity index (χ1) is 8.04. The molecule has 102 valence electrons. The van der Waals surface area contributed by atoms with Crippen LogP contribution in [0.15, 0.2) is 18.2 Å². The van der Waals surface area contributed by atoms with E-state index in [9.17, 15) is 9.90 Å². The van der Waals surface area contributed by atoms with Gasteiger partial charge in [0.05, 0.1) is 5.97 Å². The Balaban J connectivity index is 0.00000289. The maximum absolute atomic E-state index is 10.4. The molecule has 0 bridgehead atoms. The quantitative estimate of drug-likeness (QED) is 0.833. The lowest BCUT2D eigenvalue weighted by Gasteiger charge is -2.14. The van der Waals surface area contributed by atoms with E-state index in [0.29, 0.717) is 24.6 Å². The van der Waals surface area contributed by atoms with Crippen LogP contribution in [0.2, 0.25) is 0 Å². The highest BCUT2D eigenvalue weighted by molar-refractivity contribution is 5.85. The molecule has 0 aliphatic carbocycles. The largest absolute Gasteiger partial charge is 0.546 e. The Bertz CT molecular complexity index is 394. The number of nitrogens with two attached hydrogens (primary N) is 1. The van der Waals surface area contributed by atoms with E-state index in [1.54, 1.807) is 0 Å². The third kappa shape index (κ3) is 4.94. The van der Waals surface area contributed by atoms with E-state index in [1.807, 2.05) is 18.2 Å². The average molecular weight is 273 g/mol. The van der Waals surface area contributed by atoms with Crippen molar-refractivity contribution >= 4 is 18.4 Å². The van der Waals surface area contributed by atoms with E-state index in [1.165, 1.54) is 0 Å². The minimum absolute atomic E-state index is 0. The van der Waals surface area contributed by atoms with Crippen molar-refractivity contribution in [2.24, 2.45) is 5.73 Å². The Morgan fingerprint density at radius 2 is 2.11 bits per heavy atom. The molecule has 1 aromatic carbocycles. The van der Waals surface area contributed by atoms with Crippen LogP contribution in [-0.4, -0.2) is 19.1 Å². The first-order valence-electron chi connectivity index (χ1n) is 5.70. The molecular formula is C13H19ClNO3-. The molecule has 0 spiro atoms. The van der Waals surface area contributed by atoms with Crippen molar-refractivity contribution in [2.75, 3.05) is 13.2 Å². The second-order valence-corrected chi connectivity index (χ2v) is 4.22. The van der Waals surface area contributed by atoms with Gasteiger partial charge in [-0.2, -0.15) is 0 Å². The Morgan fingerprint density at radius 1 is 1.44 bits per heavy atom.